The minimum absolute atomic E-state index is 0.00884. The minimum atomic E-state index is -2.05. The zero-order chi connectivity index (χ0) is 62.7. The van der Waals surface area contributed by atoms with Crippen molar-refractivity contribution in [3.05, 3.63) is 114 Å². The molecule has 0 saturated carbocycles. The summed E-state index contributed by atoms with van der Waals surface area (Å²) in [5, 5.41) is 28.2. The van der Waals surface area contributed by atoms with Crippen LogP contribution in [-0.4, -0.2) is 129 Å². The zero-order valence-electron chi connectivity index (χ0n) is 48.7. The number of alkyl carbamates (subject to hydrolysis) is 1. The topological polar surface area (TPSA) is 260 Å². The van der Waals surface area contributed by atoms with E-state index in [1.165, 1.54) is 22.8 Å². The van der Waals surface area contributed by atoms with Crippen LogP contribution < -0.4 is 31.6 Å². The highest BCUT2D eigenvalue weighted by atomic mass is 35.5. The third kappa shape index (κ3) is 9.84. The van der Waals surface area contributed by atoms with E-state index in [9.17, 15) is 38.7 Å². The molecule has 1 aliphatic carbocycles. The molecular weight excluding hydrogens is 1200 g/mol. The van der Waals surface area contributed by atoms with Crippen LogP contribution in [0.15, 0.2) is 47.3 Å². The summed E-state index contributed by atoms with van der Waals surface area (Å²) in [6.07, 6.45) is 0.911. The van der Waals surface area contributed by atoms with Crippen LogP contribution in [0.25, 0.3) is 54.4 Å². The van der Waals surface area contributed by atoms with Crippen molar-refractivity contribution in [3.63, 3.8) is 0 Å². The molecule has 0 bridgehead atoms. The summed E-state index contributed by atoms with van der Waals surface area (Å²) in [7, 11) is 0. The summed E-state index contributed by atoms with van der Waals surface area (Å²) in [6.45, 7) is 9.86. The van der Waals surface area contributed by atoms with E-state index in [2.05, 4.69) is 27.1 Å². The molecule has 3 aromatic carbocycles. The number of nitrogen functional groups attached to an aromatic ring is 1. The Morgan fingerprint density at radius 2 is 1.87 bits per heavy atom. The number of thiophene rings is 1. The maximum atomic E-state index is 17.5. The number of ether oxygens (including phenoxy) is 3. The number of anilines is 2. The number of amides is 3. The van der Waals surface area contributed by atoms with Gasteiger partial charge in [0.2, 0.25) is 5.91 Å². The number of halogens is 5. The second kappa shape index (κ2) is 22.6. The monoisotopic (exact) mass is 1260 g/mol. The number of carbonyl (C=O) groups is 4. The molecule has 4 aromatic heterocycles. The lowest BCUT2D eigenvalue weighted by Crippen LogP contribution is -2.54. The number of pyridine rings is 2. The number of hydrogen-bond acceptors (Lipinski definition) is 17. The minimum Gasteiger partial charge on any atom is -0.461 e. The Kier molecular flexibility index (Phi) is 15.1. The molecule has 5 atom stereocenters. The summed E-state index contributed by atoms with van der Waals surface area (Å²) in [5.41, 5.74) is 6.71. The fourth-order valence-corrected chi connectivity index (χ4v) is 15.4. The predicted octanol–water partition coefficient (Wildman–Crippen LogP) is 8.60. The molecule has 0 radical (unpaired) electrons. The maximum Gasteiger partial charge on any atom is 0.407 e. The molecule has 13 rings (SSSR count). The van der Waals surface area contributed by atoms with Crippen LogP contribution in [-0.2, 0) is 49.0 Å². The number of aryl methyl sites for hydroxylation is 1. The highest BCUT2D eigenvalue weighted by molar-refractivity contribution is 7.23. The Bertz CT molecular complexity index is 4370. The van der Waals surface area contributed by atoms with Crippen LogP contribution in [0.4, 0.5) is 33.2 Å². The van der Waals surface area contributed by atoms with Crippen molar-refractivity contribution in [2.75, 3.05) is 63.1 Å². The number of rotatable bonds is 14. The molecule has 462 valence electrons. The van der Waals surface area contributed by atoms with Gasteiger partial charge in [0.05, 0.1) is 55.9 Å². The van der Waals surface area contributed by atoms with E-state index < -0.39 is 77.0 Å². The van der Waals surface area contributed by atoms with Gasteiger partial charge in [-0.15, -0.1) is 11.3 Å². The summed E-state index contributed by atoms with van der Waals surface area (Å²) in [6, 6.07) is 7.71. The van der Waals surface area contributed by atoms with Crippen LogP contribution >= 0.6 is 22.9 Å². The molecule has 3 amide bonds. The van der Waals surface area contributed by atoms with Gasteiger partial charge in [0.25, 0.3) is 11.5 Å². The SMILES string of the molecule is C=C(COC(=O)NCCCC(=O)N[C@H]1CCc2c(C)c(F)cc3nc4c(c1c23)Cn1c-4cc2c(c1=O)COC(=O)[C@]2(O)CC)C(=O)N1CCN(c2nc(OC[C@@]34CCCN3C[C@H](F)C4)nc3c(F)c(-c4ccc(F)c5sc(N)c(C#N)c45)c(Cl)cc23)[C@@H](C)C1. The van der Waals surface area contributed by atoms with E-state index in [0.717, 1.165) is 29.4 Å². The van der Waals surface area contributed by atoms with Gasteiger partial charge in [-0.1, -0.05) is 31.2 Å². The van der Waals surface area contributed by atoms with Gasteiger partial charge >= 0.3 is 18.1 Å². The molecular formula is C63H60ClF4N11O9S. The smallest absolute Gasteiger partial charge is 0.407 e. The quantitative estimate of drug-likeness (QED) is 0.0344. The highest BCUT2D eigenvalue weighted by Crippen LogP contribution is 2.49. The molecule has 0 spiro atoms. The van der Waals surface area contributed by atoms with E-state index >= 15 is 13.2 Å². The fraction of sp³-hybridized carbons (Fsp3) is 0.413. The molecule has 26 heteroatoms. The van der Waals surface area contributed by atoms with Gasteiger partial charge in [0.15, 0.2) is 11.4 Å². The fourth-order valence-electron chi connectivity index (χ4n) is 14.2. The standard InChI is InChI=1S/C63H60ClF4N11O9S/c1-5-63(85)39-19-45-52-37(25-79(45)58(82)38(39)27-86-59(63)83)50-43(12-10-33-31(4)42(67)20-44(73-52)49(33)50)72-46(80)8-6-14-71-61(84)87-26-29(2)57(81)76-16-17-78(30(3)23-76)56-35-18-40(64)48(34-9-11-41(66)54-47(34)36(22-69)55(70)89-54)51(68)53(35)74-60(75-56)88-28-62-13-7-15-77(62)24-32(65)21-62/h9,11,18-20,30,32,43,85H,2,5-8,10,12-17,21,23-28,70H2,1,3-4H3,(H,71,84)(H,72,80)/t30-,32+,43-,62-,63-/m0/s1. The van der Waals surface area contributed by atoms with Gasteiger partial charge < -0.3 is 50.1 Å². The van der Waals surface area contributed by atoms with Crippen molar-refractivity contribution in [1.29, 1.82) is 5.26 Å². The number of piperazine rings is 1. The average molecular weight is 1260 g/mol. The van der Waals surface area contributed by atoms with E-state index in [1.54, 1.807) is 24.8 Å². The number of alkyl halides is 1. The van der Waals surface area contributed by atoms with Crippen LogP contribution in [0.5, 0.6) is 6.01 Å². The van der Waals surface area contributed by atoms with Crippen molar-refractivity contribution in [1.82, 2.24) is 40.0 Å². The predicted molar refractivity (Wildman–Crippen MR) is 322 cm³/mol. The number of benzene rings is 3. The third-order valence-electron chi connectivity index (χ3n) is 18.7. The van der Waals surface area contributed by atoms with E-state index in [-0.39, 0.29) is 160 Å². The Balaban J connectivity index is 0.655. The first kappa shape index (κ1) is 59.5. The highest BCUT2D eigenvalue weighted by Gasteiger charge is 2.50. The number of cyclic esters (lactones) is 1. The lowest BCUT2D eigenvalue weighted by Gasteiger charge is -2.41. The van der Waals surface area contributed by atoms with Gasteiger partial charge in [0, 0.05) is 96.1 Å². The molecule has 5 aliphatic heterocycles. The van der Waals surface area contributed by atoms with E-state index in [4.69, 9.17) is 41.5 Å². The van der Waals surface area contributed by atoms with Gasteiger partial charge in [-0.05, 0) is 99.4 Å². The van der Waals surface area contributed by atoms with E-state index in [0.29, 0.717) is 64.8 Å². The molecule has 3 saturated heterocycles. The Hall–Kier alpha value is -8.44. The summed E-state index contributed by atoms with van der Waals surface area (Å²) in [5.74, 6) is -3.43. The van der Waals surface area contributed by atoms with E-state index in [1.807, 2.05) is 17.9 Å². The zero-order valence-corrected chi connectivity index (χ0v) is 50.3. The van der Waals surface area contributed by atoms with Crippen molar-refractivity contribution < 1.29 is 56.1 Å². The average Bonchev–Trinajstić information content (AvgIpc) is 1.65. The van der Waals surface area contributed by atoms with Crippen LogP contribution in [0, 0.1) is 35.7 Å². The van der Waals surface area contributed by atoms with Crippen LogP contribution in [0.3, 0.4) is 0 Å². The van der Waals surface area contributed by atoms with Gasteiger partial charge in [-0.3, -0.25) is 19.3 Å². The molecule has 3 fully saturated rings. The Morgan fingerprint density at radius 3 is 2.64 bits per heavy atom. The molecule has 0 unspecified atom stereocenters. The lowest BCUT2D eigenvalue weighted by atomic mass is 9.81. The van der Waals surface area contributed by atoms with Crippen molar-refractivity contribution >= 4 is 89.5 Å². The van der Waals surface area contributed by atoms with Crippen LogP contribution in [0.2, 0.25) is 5.02 Å². The number of carbonyl (C=O) groups excluding carboxylic acids is 4. The van der Waals surface area contributed by atoms with Crippen molar-refractivity contribution in [2.24, 2.45) is 0 Å². The normalized spacial score (nSPS) is 21.8. The number of aliphatic hydroxyl groups is 1. The first-order valence-electron chi connectivity index (χ1n) is 29.5. The third-order valence-corrected chi connectivity index (χ3v) is 20.0. The number of aromatic nitrogens is 4. The number of esters is 1. The number of nitrogens with zero attached hydrogens (tertiary/aromatic N) is 8. The molecule has 6 aliphatic rings. The summed E-state index contributed by atoms with van der Waals surface area (Å²) < 4.78 is 81.5. The lowest BCUT2D eigenvalue weighted by molar-refractivity contribution is -0.172. The Labute approximate surface area is 515 Å². The number of nitrogens with two attached hydrogens (primary N) is 1. The molecule has 20 nitrogen and oxygen atoms in total. The number of nitriles is 1. The van der Waals surface area contributed by atoms with Gasteiger partial charge in [-0.2, -0.15) is 15.2 Å². The molecule has 7 aromatic rings. The maximum absolute atomic E-state index is 17.5. The Morgan fingerprint density at radius 1 is 1.06 bits per heavy atom. The first-order valence-corrected chi connectivity index (χ1v) is 30.7. The molecule has 5 N–H and O–H groups in total. The number of hydrogen-bond donors (Lipinski definition) is 4. The molecule has 9 heterocycles. The van der Waals surface area contributed by atoms with Crippen LogP contribution in [0.1, 0.15) is 104 Å². The number of fused-ring (bicyclic) bond motifs is 8. The van der Waals surface area contributed by atoms with Gasteiger partial charge in [-0.25, -0.2) is 32.1 Å². The first-order chi connectivity index (χ1) is 42.6. The summed E-state index contributed by atoms with van der Waals surface area (Å²) in [4.78, 5) is 87.2. The second-order valence-electron chi connectivity index (χ2n) is 23.9. The van der Waals surface area contributed by atoms with Crippen molar-refractivity contribution in [2.45, 2.75) is 115 Å². The largest absolute Gasteiger partial charge is 0.461 e. The second-order valence-corrected chi connectivity index (χ2v) is 25.3. The van der Waals surface area contributed by atoms with Gasteiger partial charge in [0.1, 0.15) is 60.0 Å². The van der Waals surface area contributed by atoms with Crippen molar-refractivity contribution in [3.8, 4) is 34.6 Å². The molecule has 89 heavy (non-hydrogen) atoms. The summed E-state index contributed by atoms with van der Waals surface area (Å²) >= 11 is 7.83. The number of nitrogens with one attached hydrogen (secondary N) is 2.